The summed E-state index contributed by atoms with van der Waals surface area (Å²) < 4.78 is 15.9. The number of hydrogen-bond donors (Lipinski definition) is 1. The molecule has 0 aliphatic carbocycles. The van der Waals surface area contributed by atoms with E-state index < -0.39 is 6.04 Å². The summed E-state index contributed by atoms with van der Waals surface area (Å²) in [5.41, 5.74) is 3.69. The lowest BCUT2D eigenvalue weighted by atomic mass is 10.0. The average molecular weight is 321 g/mol. The highest BCUT2D eigenvalue weighted by molar-refractivity contribution is 5.77. The van der Waals surface area contributed by atoms with Gasteiger partial charge in [0.2, 0.25) is 5.95 Å². The molecule has 3 aromatic rings. The number of anilines is 1. The van der Waals surface area contributed by atoms with E-state index in [0.29, 0.717) is 11.5 Å². The maximum absolute atomic E-state index is 14.3. The molecular formula is C18H16FN5. The summed E-state index contributed by atoms with van der Waals surface area (Å²) in [4.78, 5) is 0. The van der Waals surface area contributed by atoms with Gasteiger partial charge in [-0.25, -0.2) is 4.39 Å². The summed E-state index contributed by atoms with van der Waals surface area (Å²) in [5.74, 6) is 0.225. The third kappa shape index (κ3) is 2.46. The molecule has 1 aliphatic heterocycles. The third-order valence-electron chi connectivity index (χ3n) is 4.22. The number of tetrazole rings is 1. The van der Waals surface area contributed by atoms with E-state index in [1.54, 1.807) is 16.8 Å². The third-order valence-corrected chi connectivity index (χ3v) is 4.22. The zero-order chi connectivity index (χ0) is 16.5. The normalized spacial score (nSPS) is 16.2. The van der Waals surface area contributed by atoms with Crippen molar-refractivity contribution in [3.63, 3.8) is 0 Å². The van der Waals surface area contributed by atoms with E-state index in [2.05, 4.69) is 52.0 Å². The largest absolute Gasteiger partial charge is 0.323 e. The molecule has 0 saturated carbocycles. The molecule has 1 aromatic heterocycles. The van der Waals surface area contributed by atoms with Crippen LogP contribution in [0.15, 0.2) is 54.6 Å². The molecule has 1 unspecified atom stereocenters. The SMILES string of the molecule is CCc1ccc(C2=CC(c3ccccc3F)n3nnnc3N2)cc1. The van der Waals surface area contributed by atoms with Gasteiger partial charge < -0.3 is 5.32 Å². The van der Waals surface area contributed by atoms with Crippen molar-refractivity contribution in [2.75, 3.05) is 5.32 Å². The van der Waals surface area contributed by atoms with E-state index in [0.717, 1.165) is 17.7 Å². The van der Waals surface area contributed by atoms with Gasteiger partial charge in [0.05, 0.1) is 0 Å². The Morgan fingerprint density at radius 1 is 1.12 bits per heavy atom. The molecule has 4 rings (SSSR count). The molecule has 6 heteroatoms. The Kier molecular flexibility index (Phi) is 3.57. The van der Waals surface area contributed by atoms with E-state index in [1.165, 1.54) is 11.6 Å². The summed E-state index contributed by atoms with van der Waals surface area (Å²) >= 11 is 0. The first-order valence-corrected chi connectivity index (χ1v) is 7.86. The van der Waals surface area contributed by atoms with Gasteiger partial charge >= 0.3 is 0 Å². The van der Waals surface area contributed by atoms with Crippen molar-refractivity contribution >= 4 is 11.6 Å². The van der Waals surface area contributed by atoms with E-state index in [1.807, 2.05) is 12.1 Å². The average Bonchev–Trinajstić information content (AvgIpc) is 3.10. The van der Waals surface area contributed by atoms with Crippen molar-refractivity contribution in [2.45, 2.75) is 19.4 Å². The second-order valence-corrected chi connectivity index (χ2v) is 5.67. The lowest BCUT2D eigenvalue weighted by Crippen LogP contribution is -2.21. The van der Waals surface area contributed by atoms with Gasteiger partial charge in [0, 0.05) is 11.3 Å². The standard InChI is InChI=1S/C18H16FN5/c1-2-12-7-9-13(10-8-12)16-11-17(14-5-3-4-6-15(14)19)24-18(20-16)21-22-23-24/h3-11,17H,2H2,1H3,(H,20,21,23). The lowest BCUT2D eigenvalue weighted by Gasteiger charge is -2.23. The Hall–Kier alpha value is -3.02. The topological polar surface area (TPSA) is 55.6 Å². The Labute approximate surface area is 138 Å². The van der Waals surface area contributed by atoms with Gasteiger partial charge in [-0.15, -0.1) is 0 Å². The molecule has 1 atom stereocenters. The highest BCUT2D eigenvalue weighted by atomic mass is 19.1. The number of fused-ring (bicyclic) bond motifs is 1. The fourth-order valence-electron chi connectivity index (χ4n) is 2.88. The summed E-state index contributed by atoms with van der Waals surface area (Å²) in [5, 5.41) is 14.9. The first-order valence-electron chi connectivity index (χ1n) is 7.86. The van der Waals surface area contributed by atoms with Crippen LogP contribution in [-0.4, -0.2) is 20.2 Å². The number of aryl methyl sites for hydroxylation is 1. The second kappa shape index (κ2) is 5.88. The molecule has 120 valence electrons. The maximum atomic E-state index is 14.3. The van der Waals surface area contributed by atoms with Crippen molar-refractivity contribution in [2.24, 2.45) is 0 Å². The van der Waals surface area contributed by atoms with Crippen LogP contribution in [0, 0.1) is 5.82 Å². The highest BCUT2D eigenvalue weighted by Gasteiger charge is 2.26. The fraction of sp³-hybridized carbons (Fsp3) is 0.167. The summed E-state index contributed by atoms with van der Waals surface area (Å²) in [6.45, 7) is 2.12. The van der Waals surface area contributed by atoms with Crippen LogP contribution in [0.5, 0.6) is 0 Å². The molecule has 1 N–H and O–H groups in total. The zero-order valence-corrected chi connectivity index (χ0v) is 13.1. The van der Waals surface area contributed by atoms with Gasteiger partial charge in [-0.3, -0.25) is 0 Å². The number of allylic oxidation sites excluding steroid dienone is 1. The first-order chi connectivity index (χ1) is 11.8. The summed E-state index contributed by atoms with van der Waals surface area (Å²) in [7, 11) is 0. The van der Waals surface area contributed by atoms with Gasteiger partial charge in [0.25, 0.3) is 0 Å². The highest BCUT2D eigenvalue weighted by Crippen LogP contribution is 2.32. The van der Waals surface area contributed by atoms with Crippen LogP contribution in [0.25, 0.3) is 5.70 Å². The first kappa shape index (κ1) is 14.6. The number of aromatic nitrogens is 4. The molecule has 24 heavy (non-hydrogen) atoms. The fourth-order valence-corrected chi connectivity index (χ4v) is 2.88. The van der Waals surface area contributed by atoms with Crippen molar-refractivity contribution in [1.29, 1.82) is 0 Å². The maximum Gasteiger partial charge on any atom is 0.248 e. The molecule has 2 heterocycles. The van der Waals surface area contributed by atoms with Crippen LogP contribution >= 0.6 is 0 Å². The molecule has 0 bridgehead atoms. The second-order valence-electron chi connectivity index (χ2n) is 5.67. The van der Waals surface area contributed by atoms with Crippen LogP contribution in [0.1, 0.15) is 29.7 Å². The molecule has 0 fully saturated rings. The van der Waals surface area contributed by atoms with E-state index in [9.17, 15) is 4.39 Å². The van der Waals surface area contributed by atoms with Crippen molar-refractivity contribution in [3.05, 3.63) is 77.1 Å². The molecule has 1 aliphatic rings. The van der Waals surface area contributed by atoms with Crippen molar-refractivity contribution in [1.82, 2.24) is 20.2 Å². The quantitative estimate of drug-likeness (QED) is 0.803. The molecule has 2 aromatic carbocycles. The summed E-state index contributed by atoms with van der Waals surface area (Å²) in [6.07, 6.45) is 2.94. The number of nitrogens with zero attached hydrogens (tertiary/aromatic N) is 4. The minimum absolute atomic E-state index is 0.275. The Morgan fingerprint density at radius 2 is 1.92 bits per heavy atom. The van der Waals surface area contributed by atoms with E-state index in [-0.39, 0.29) is 5.82 Å². The van der Waals surface area contributed by atoms with E-state index in [4.69, 9.17) is 0 Å². The Balaban J connectivity index is 1.80. The number of nitrogens with one attached hydrogen (secondary N) is 1. The number of hydrogen-bond acceptors (Lipinski definition) is 4. The minimum atomic E-state index is -0.390. The molecule has 0 amide bonds. The Bertz CT molecular complexity index is 898. The van der Waals surface area contributed by atoms with Gasteiger partial charge in [-0.2, -0.15) is 4.68 Å². The van der Waals surface area contributed by atoms with Crippen LogP contribution in [-0.2, 0) is 6.42 Å². The van der Waals surface area contributed by atoms with Crippen LogP contribution < -0.4 is 5.32 Å². The molecule has 5 nitrogen and oxygen atoms in total. The van der Waals surface area contributed by atoms with Gasteiger partial charge in [0.1, 0.15) is 11.9 Å². The smallest absolute Gasteiger partial charge is 0.248 e. The van der Waals surface area contributed by atoms with Crippen LogP contribution in [0.4, 0.5) is 10.3 Å². The molecular weight excluding hydrogens is 305 g/mol. The number of halogens is 1. The number of benzene rings is 2. The molecule has 0 radical (unpaired) electrons. The van der Waals surface area contributed by atoms with Crippen molar-refractivity contribution in [3.8, 4) is 0 Å². The molecule has 0 saturated heterocycles. The Morgan fingerprint density at radius 3 is 2.67 bits per heavy atom. The minimum Gasteiger partial charge on any atom is -0.323 e. The predicted molar refractivity (Wildman–Crippen MR) is 89.8 cm³/mol. The van der Waals surface area contributed by atoms with Crippen LogP contribution in [0.2, 0.25) is 0 Å². The molecule has 0 spiro atoms. The predicted octanol–water partition coefficient (Wildman–Crippen LogP) is 3.43. The zero-order valence-electron chi connectivity index (χ0n) is 13.1. The van der Waals surface area contributed by atoms with Gasteiger partial charge in [-0.05, 0) is 40.1 Å². The summed E-state index contributed by atoms with van der Waals surface area (Å²) in [6, 6.07) is 14.6. The van der Waals surface area contributed by atoms with Crippen molar-refractivity contribution < 1.29 is 4.39 Å². The van der Waals surface area contributed by atoms with E-state index >= 15 is 0 Å². The number of rotatable bonds is 3. The lowest BCUT2D eigenvalue weighted by molar-refractivity contribution is 0.540. The van der Waals surface area contributed by atoms with Crippen LogP contribution in [0.3, 0.4) is 0 Å². The van der Waals surface area contributed by atoms with Gasteiger partial charge in [0.15, 0.2) is 0 Å². The monoisotopic (exact) mass is 321 g/mol. The van der Waals surface area contributed by atoms with Gasteiger partial charge in [-0.1, -0.05) is 54.5 Å².